The Bertz CT molecular complexity index is 3050. The second kappa shape index (κ2) is 11.3. The first kappa shape index (κ1) is 28.9. The molecule has 242 valence electrons. The van der Waals surface area contributed by atoms with E-state index in [4.69, 9.17) is 8.83 Å². The summed E-state index contributed by atoms with van der Waals surface area (Å²) >= 11 is 0. The zero-order valence-electron chi connectivity index (χ0n) is 28.1. The summed E-state index contributed by atoms with van der Waals surface area (Å²) in [6.45, 7) is 0. The molecular weight excluding hydrogens is 633 g/mol. The van der Waals surface area contributed by atoms with Gasteiger partial charge in [-0.25, -0.2) is 0 Å². The summed E-state index contributed by atoms with van der Waals surface area (Å²) in [7, 11) is 0. The molecule has 9 aromatic carbocycles. The highest BCUT2D eigenvalue weighted by atomic mass is 16.3. The van der Waals surface area contributed by atoms with Gasteiger partial charge < -0.3 is 8.83 Å². The highest BCUT2D eigenvalue weighted by molar-refractivity contribution is 6.23. The molecule has 0 bridgehead atoms. The van der Waals surface area contributed by atoms with Crippen molar-refractivity contribution < 1.29 is 8.83 Å². The third kappa shape index (κ3) is 4.25. The highest BCUT2D eigenvalue weighted by Crippen LogP contribution is 2.47. The van der Waals surface area contributed by atoms with Gasteiger partial charge in [0.25, 0.3) is 0 Å². The topological polar surface area (TPSA) is 26.3 Å². The first-order valence-corrected chi connectivity index (χ1v) is 17.7. The minimum absolute atomic E-state index is 0.873. The van der Waals surface area contributed by atoms with E-state index in [1.165, 1.54) is 70.9 Å². The molecule has 0 aliphatic heterocycles. The van der Waals surface area contributed by atoms with E-state index in [1.807, 2.05) is 12.1 Å². The van der Waals surface area contributed by atoms with E-state index < -0.39 is 0 Å². The van der Waals surface area contributed by atoms with Crippen LogP contribution in [-0.4, -0.2) is 0 Å². The van der Waals surface area contributed by atoms with Gasteiger partial charge in [-0.2, -0.15) is 0 Å². The zero-order chi connectivity index (χ0) is 34.2. The predicted molar refractivity (Wildman–Crippen MR) is 218 cm³/mol. The Hall–Kier alpha value is -6.90. The maximum absolute atomic E-state index is 6.65. The van der Waals surface area contributed by atoms with Crippen molar-refractivity contribution in [2.24, 2.45) is 0 Å². The van der Waals surface area contributed by atoms with E-state index >= 15 is 0 Å². The van der Waals surface area contributed by atoms with Gasteiger partial charge in [0, 0.05) is 16.3 Å². The van der Waals surface area contributed by atoms with Crippen molar-refractivity contribution in [3.63, 3.8) is 0 Å². The molecule has 0 spiro atoms. The van der Waals surface area contributed by atoms with Crippen molar-refractivity contribution in [1.29, 1.82) is 0 Å². The normalized spacial score (nSPS) is 11.8. The maximum atomic E-state index is 6.65. The average Bonchev–Trinajstić information content (AvgIpc) is 3.87. The quantitative estimate of drug-likeness (QED) is 0.175. The summed E-state index contributed by atoms with van der Waals surface area (Å²) in [5, 5.41) is 11.9. The standard InChI is InChI=1S/C50H30O2/c1-2-13-31(14-3-1)47-35-15-4-6-17-37(35)48(38-18-7-5-16-36(38)47)32-25-27-44-43(29-32)34-26-24-33(30-46(34)52-44)49-39-19-8-10-21-41(39)50(45-23-12-28-51-45)42-22-11-9-20-40(42)49/h1-30H. The molecule has 0 atom stereocenters. The van der Waals surface area contributed by atoms with Crippen LogP contribution in [0.25, 0.3) is 110 Å². The van der Waals surface area contributed by atoms with E-state index in [0.29, 0.717) is 0 Å². The van der Waals surface area contributed by atoms with Crippen molar-refractivity contribution in [1.82, 2.24) is 0 Å². The van der Waals surface area contributed by atoms with E-state index in [0.717, 1.165) is 38.8 Å². The first-order valence-electron chi connectivity index (χ1n) is 17.7. The van der Waals surface area contributed by atoms with Crippen molar-refractivity contribution in [3.05, 3.63) is 182 Å². The smallest absolute Gasteiger partial charge is 0.136 e. The molecule has 2 heteroatoms. The van der Waals surface area contributed by atoms with Crippen molar-refractivity contribution >= 4 is 65.0 Å². The minimum atomic E-state index is 0.873. The number of furan rings is 2. The molecule has 2 nitrogen and oxygen atoms in total. The molecule has 0 amide bonds. The maximum Gasteiger partial charge on any atom is 0.136 e. The number of benzene rings is 9. The molecule has 2 aromatic heterocycles. The van der Waals surface area contributed by atoms with Gasteiger partial charge in [-0.3, -0.25) is 0 Å². The fourth-order valence-corrected chi connectivity index (χ4v) is 8.57. The lowest BCUT2D eigenvalue weighted by Crippen LogP contribution is -1.90. The van der Waals surface area contributed by atoms with Gasteiger partial charge in [0.15, 0.2) is 0 Å². The molecule has 0 saturated carbocycles. The second-order valence-corrected chi connectivity index (χ2v) is 13.5. The molecule has 0 fully saturated rings. The molecule has 11 aromatic rings. The van der Waals surface area contributed by atoms with E-state index in [2.05, 4.69) is 164 Å². The Morgan fingerprint density at radius 2 is 0.731 bits per heavy atom. The fourth-order valence-electron chi connectivity index (χ4n) is 8.57. The molecule has 0 aliphatic carbocycles. The minimum Gasteiger partial charge on any atom is -0.464 e. The SMILES string of the molecule is c1ccc(-c2c3ccccc3c(-c3ccc4oc5cc(-c6c7ccccc7c(-c7ccco7)c7ccccc67)ccc5c4c3)c3ccccc23)cc1. The number of rotatable bonds is 4. The summed E-state index contributed by atoms with van der Waals surface area (Å²) in [5.74, 6) is 0.873. The Balaban J connectivity index is 1.13. The summed E-state index contributed by atoms with van der Waals surface area (Å²) in [6.07, 6.45) is 1.75. The summed E-state index contributed by atoms with van der Waals surface area (Å²) < 4.78 is 12.6. The Kier molecular flexibility index (Phi) is 6.28. The summed E-state index contributed by atoms with van der Waals surface area (Å²) in [4.78, 5) is 0. The molecule has 0 aliphatic rings. The van der Waals surface area contributed by atoms with Crippen LogP contribution in [-0.2, 0) is 0 Å². The molecule has 2 heterocycles. The first-order chi connectivity index (χ1) is 25.8. The van der Waals surface area contributed by atoms with E-state index in [1.54, 1.807) is 6.26 Å². The Labute approximate surface area is 299 Å². The number of hydrogen-bond donors (Lipinski definition) is 0. The van der Waals surface area contributed by atoms with Crippen LogP contribution in [0.5, 0.6) is 0 Å². The highest BCUT2D eigenvalue weighted by Gasteiger charge is 2.20. The van der Waals surface area contributed by atoms with Crippen LogP contribution in [0.3, 0.4) is 0 Å². The van der Waals surface area contributed by atoms with Crippen LogP contribution in [0.1, 0.15) is 0 Å². The van der Waals surface area contributed by atoms with Gasteiger partial charge >= 0.3 is 0 Å². The van der Waals surface area contributed by atoms with Crippen molar-refractivity contribution in [2.75, 3.05) is 0 Å². The lowest BCUT2D eigenvalue weighted by Gasteiger charge is -2.17. The lowest BCUT2D eigenvalue weighted by atomic mass is 9.85. The Morgan fingerprint density at radius 3 is 1.25 bits per heavy atom. The molecule has 0 radical (unpaired) electrons. The summed E-state index contributed by atoms with van der Waals surface area (Å²) in [5.41, 5.74) is 10.1. The largest absolute Gasteiger partial charge is 0.464 e. The third-order valence-corrected chi connectivity index (χ3v) is 10.7. The molecule has 52 heavy (non-hydrogen) atoms. The fraction of sp³-hybridized carbons (Fsp3) is 0. The monoisotopic (exact) mass is 662 g/mol. The number of hydrogen-bond acceptors (Lipinski definition) is 2. The van der Waals surface area contributed by atoms with E-state index in [9.17, 15) is 0 Å². The van der Waals surface area contributed by atoms with Gasteiger partial charge in [-0.05, 0) is 113 Å². The van der Waals surface area contributed by atoms with Crippen LogP contribution < -0.4 is 0 Å². The average molecular weight is 663 g/mol. The zero-order valence-corrected chi connectivity index (χ0v) is 28.1. The van der Waals surface area contributed by atoms with Gasteiger partial charge in [-0.15, -0.1) is 0 Å². The van der Waals surface area contributed by atoms with E-state index in [-0.39, 0.29) is 0 Å². The van der Waals surface area contributed by atoms with Crippen molar-refractivity contribution in [2.45, 2.75) is 0 Å². The van der Waals surface area contributed by atoms with Gasteiger partial charge in [0.1, 0.15) is 16.9 Å². The molecule has 0 unspecified atom stereocenters. The second-order valence-electron chi connectivity index (χ2n) is 13.5. The molecular formula is C50H30O2. The van der Waals surface area contributed by atoms with Crippen LogP contribution in [0.15, 0.2) is 191 Å². The van der Waals surface area contributed by atoms with Crippen LogP contribution in [0.4, 0.5) is 0 Å². The lowest BCUT2D eigenvalue weighted by molar-refractivity contribution is 0.583. The van der Waals surface area contributed by atoms with Gasteiger partial charge in [0.2, 0.25) is 0 Å². The Morgan fingerprint density at radius 1 is 0.269 bits per heavy atom. The van der Waals surface area contributed by atoms with Crippen LogP contribution in [0.2, 0.25) is 0 Å². The predicted octanol–water partition coefficient (Wildman–Crippen LogP) is 14.5. The third-order valence-electron chi connectivity index (χ3n) is 10.7. The van der Waals surface area contributed by atoms with Crippen molar-refractivity contribution in [3.8, 4) is 44.7 Å². The molecule has 11 rings (SSSR count). The molecule has 0 saturated heterocycles. The molecule has 0 N–H and O–H groups in total. The summed E-state index contributed by atoms with van der Waals surface area (Å²) in [6, 6.07) is 63.1. The van der Waals surface area contributed by atoms with Crippen LogP contribution >= 0.6 is 0 Å². The number of fused-ring (bicyclic) bond motifs is 7. The van der Waals surface area contributed by atoms with Gasteiger partial charge in [0.05, 0.1) is 6.26 Å². The van der Waals surface area contributed by atoms with Crippen LogP contribution in [0, 0.1) is 0 Å². The van der Waals surface area contributed by atoms with Gasteiger partial charge in [-0.1, -0.05) is 140 Å².